The summed E-state index contributed by atoms with van der Waals surface area (Å²) in [5, 5.41) is 0. The fourth-order valence-corrected chi connectivity index (χ4v) is 1.05. The maximum Gasteiger partial charge on any atom is 0.356 e. The normalized spacial score (nSPS) is 8.64. The number of ether oxygens (including phenoxy) is 1. The molecule has 0 spiro atoms. The van der Waals surface area contributed by atoms with Crippen LogP contribution < -0.4 is 0 Å². The third-order valence-electron chi connectivity index (χ3n) is 1.49. The number of nitrogens with zero attached hydrogens (tertiary/aromatic N) is 1. The van der Waals surface area contributed by atoms with Gasteiger partial charge in [0.05, 0.1) is 7.11 Å². The molecule has 0 saturated heterocycles. The van der Waals surface area contributed by atoms with Gasteiger partial charge in [0.25, 0.3) is 0 Å². The van der Waals surface area contributed by atoms with Gasteiger partial charge in [0.2, 0.25) is 0 Å². The van der Waals surface area contributed by atoms with Gasteiger partial charge in [0.15, 0.2) is 0 Å². The van der Waals surface area contributed by atoms with Gasteiger partial charge in [-0.05, 0) is 31.5 Å². The molecular formula is C11H17NO2. The van der Waals surface area contributed by atoms with Crippen LogP contribution in [0.5, 0.6) is 0 Å². The molecule has 3 heteroatoms. The molecule has 1 aromatic rings. The lowest BCUT2D eigenvalue weighted by Gasteiger charge is -2.00. The number of aromatic nitrogens is 1. The highest BCUT2D eigenvalue weighted by Crippen LogP contribution is 2.04. The van der Waals surface area contributed by atoms with Crippen LogP contribution in [0.2, 0.25) is 0 Å². The Balaban J connectivity index is 0.000000791. The molecule has 0 aliphatic heterocycles. The zero-order chi connectivity index (χ0) is 11.1. The van der Waals surface area contributed by atoms with Crippen molar-refractivity contribution in [3.05, 3.63) is 29.1 Å². The molecule has 0 aromatic carbocycles. The maximum absolute atomic E-state index is 11.0. The van der Waals surface area contributed by atoms with E-state index in [-0.39, 0.29) is 5.97 Å². The van der Waals surface area contributed by atoms with Gasteiger partial charge in [0, 0.05) is 5.69 Å². The standard InChI is InChI=1S/C9H11NO2.C2H6/c1-6-4-7(2)10-8(5-6)9(11)12-3;1-2/h4-5H,1-3H3;1-2H3. The van der Waals surface area contributed by atoms with Crippen molar-refractivity contribution in [3.63, 3.8) is 0 Å². The second-order valence-corrected chi connectivity index (χ2v) is 2.66. The van der Waals surface area contributed by atoms with E-state index in [0.717, 1.165) is 11.3 Å². The molecule has 0 atom stereocenters. The van der Waals surface area contributed by atoms with Crippen molar-refractivity contribution in [3.8, 4) is 0 Å². The number of carbonyl (C=O) groups excluding carboxylic acids is 1. The van der Waals surface area contributed by atoms with Crippen LogP contribution in [-0.4, -0.2) is 18.1 Å². The second-order valence-electron chi connectivity index (χ2n) is 2.66. The molecule has 0 fully saturated rings. The van der Waals surface area contributed by atoms with Crippen molar-refractivity contribution in [1.29, 1.82) is 0 Å². The van der Waals surface area contributed by atoms with E-state index in [2.05, 4.69) is 9.72 Å². The molecule has 78 valence electrons. The minimum atomic E-state index is -0.387. The van der Waals surface area contributed by atoms with Gasteiger partial charge in [-0.25, -0.2) is 9.78 Å². The van der Waals surface area contributed by atoms with Gasteiger partial charge in [-0.3, -0.25) is 0 Å². The van der Waals surface area contributed by atoms with Gasteiger partial charge in [-0.2, -0.15) is 0 Å². The molecule has 0 bridgehead atoms. The molecule has 14 heavy (non-hydrogen) atoms. The first-order valence-electron chi connectivity index (χ1n) is 4.67. The first-order valence-corrected chi connectivity index (χ1v) is 4.67. The number of aryl methyl sites for hydroxylation is 2. The largest absolute Gasteiger partial charge is 0.464 e. The molecule has 1 heterocycles. The Morgan fingerprint density at radius 3 is 2.29 bits per heavy atom. The van der Waals surface area contributed by atoms with Crippen LogP contribution in [-0.2, 0) is 4.74 Å². The second kappa shape index (κ2) is 6.13. The predicted octanol–water partition coefficient (Wildman–Crippen LogP) is 2.51. The summed E-state index contributed by atoms with van der Waals surface area (Å²) in [6.45, 7) is 7.76. The highest BCUT2D eigenvalue weighted by molar-refractivity contribution is 5.87. The predicted molar refractivity (Wildman–Crippen MR) is 56.4 cm³/mol. The lowest BCUT2D eigenvalue weighted by molar-refractivity contribution is 0.0593. The summed E-state index contributed by atoms with van der Waals surface area (Å²) in [6, 6.07) is 3.62. The average Bonchev–Trinajstić information content (AvgIpc) is 2.18. The molecular weight excluding hydrogens is 178 g/mol. The third-order valence-corrected chi connectivity index (χ3v) is 1.49. The zero-order valence-corrected chi connectivity index (χ0v) is 9.42. The van der Waals surface area contributed by atoms with E-state index in [1.807, 2.05) is 33.8 Å². The zero-order valence-electron chi connectivity index (χ0n) is 9.42. The quantitative estimate of drug-likeness (QED) is 0.646. The van der Waals surface area contributed by atoms with Gasteiger partial charge < -0.3 is 4.74 Å². The average molecular weight is 195 g/mol. The van der Waals surface area contributed by atoms with Crippen molar-refractivity contribution >= 4 is 5.97 Å². The van der Waals surface area contributed by atoms with E-state index in [1.165, 1.54) is 7.11 Å². The van der Waals surface area contributed by atoms with E-state index in [1.54, 1.807) is 6.07 Å². The molecule has 0 saturated carbocycles. The van der Waals surface area contributed by atoms with Crippen molar-refractivity contribution in [1.82, 2.24) is 4.98 Å². The lowest BCUT2D eigenvalue weighted by Crippen LogP contribution is -2.05. The third kappa shape index (κ3) is 3.56. The van der Waals surface area contributed by atoms with Crippen LogP contribution in [0, 0.1) is 13.8 Å². The minimum absolute atomic E-state index is 0.370. The first kappa shape index (κ1) is 12.6. The fourth-order valence-electron chi connectivity index (χ4n) is 1.05. The Morgan fingerprint density at radius 1 is 1.29 bits per heavy atom. The molecule has 3 nitrogen and oxygen atoms in total. The SMILES string of the molecule is CC.COC(=O)c1cc(C)cc(C)n1. The van der Waals surface area contributed by atoms with Crippen LogP contribution in [0.4, 0.5) is 0 Å². The van der Waals surface area contributed by atoms with E-state index in [4.69, 9.17) is 0 Å². The monoisotopic (exact) mass is 195 g/mol. The summed E-state index contributed by atoms with van der Waals surface area (Å²) < 4.78 is 4.54. The van der Waals surface area contributed by atoms with Crippen molar-refractivity contribution in [2.75, 3.05) is 7.11 Å². The smallest absolute Gasteiger partial charge is 0.356 e. The van der Waals surface area contributed by atoms with Crippen molar-refractivity contribution < 1.29 is 9.53 Å². The molecule has 1 rings (SSSR count). The van der Waals surface area contributed by atoms with Gasteiger partial charge in [-0.1, -0.05) is 13.8 Å². The Morgan fingerprint density at radius 2 is 1.86 bits per heavy atom. The maximum atomic E-state index is 11.0. The Labute approximate surface area is 85.1 Å². The molecule has 0 radical (unpaired) electrons. The van der Waals surface area contributed by atoms with Crippen LogP contribution >= 0.6 is 0 Å². The fraction of sp³-hybridized carbons (Fsp3) is 0.455. The number of carbonyl (C=O) groups is 1. The number of rotatable bonds is 1. The van der Waals surface area contributed by atoms with E-state index in [0.29, 0.717) is 5.69 Å². The summed E-state index contributed by atoms with van der Waals surface area (Å²) in [7, 11) is 1.35. The highest BCUT2D eigenvalue weighted by atomic mass is 16.5. The number of hydrogen-bond donors (Lipinski definition) is 0. The number of esters is 1. The molecule has 0 aliphatic rings. The summed E-state index contributed by atoms with van der Waals surface area (Å²) >= 11 is 0. The molecule has 1 aromatic heterocycles. The summed E-state index contributed by atoms with van der Waals surface area (Å²) in [6.07, 6.45) is 0. The minimum Gasteiger partial charge on any atom is -0.464 e. The van der Waals surface area contributed by atoms with Crippen molar-refractivity contribution in [2.24, 2.45) is 0 Å². The topological polar surface area (TPSA) is 39.2 Å². The Bertz CT molecular complexity index is 288. The van der Waals surface area contributed by atoms with Crippen LogP contribution in [0.1, 0.15) is 35.6 Å². The molecule has 0 amide bonds. The summed E-state index contributed by atoms with van der Waals surface area (Å²) in [5.74, 6) is -0.387. The number of methoxy groups -OCH3 is 1. The van der Waals surface area contributed by atoms with E-state index in [9.17, 15) is 4.79 Å². The molecule has 0 unspecified atom stereocenters. The molecule has 0 N–H and O–H groups in total. The van der Waals surface area contributed by atoms with Gasteiger partial charge >= 0.3 is 5.97 Å². The first-order chi connectivity index (χ1) is 6.63. The molecule has 0 aliphatic carbocycles. The van der Waals surface area contributed by atoms with Gasteiger partial charge in [0.1, 0.15) is 5.69 Å². The van der Waals surface area contributed by atoms with Gasteiger partial charge in [-0.15, -0.1) is 0 Å². The van der Waals surface area contributed by atoms with Crippen LogP contribution in [0.3, 0.4) is 0 Å². The lowest BCUT2D eigenvalue weighted by atomic mass is 10.2. The van der Waals surface area contributed by atoms with Crippen LogP contribution in [0.15, 0.2) is 12.1 Å². The highest BCUT2D eigenvalue weighted by Gasteiger charge is 2.06. The van der Waals surface area contributed by atoms with Crippen molar-refractivity contribution in [2.45, 2.75) is 27.7 Å². The Hall–Kier alpha value is -1.38. The van der Waals surface area contributed by atoms with E-state index < -0.39 is 0 Å². The number of pyridine rings is 1. The van der Waals surface area contributed by atoms with E-state index >= 15 is 0 Å². The Kier molecular flexibility index (Phi) is 5.53. The number of hydrogen-bond acceptors (Lipinski definition) is 3. The van der Waals surface area contributed by atoms with Crippen LogP contribution in [0.25, 0.3) is 0 Å². The summed E-state index contributed by atoms with van der Waals surface area (Å²) in [4.78, 5) is 15.1. The summed E-state index contributed by atoms with van der Waals surface area (Å²) in [5.41, 5.74) is 2.22.